The molecule has 3 atom stereocenters. The maximum Gasteiger partial charge on any atom is 0.472 e. The molecule has 0 spiro atoms. The Morgan fingerprint density at radius 3 is 1.48 bits per heavy atom. The Balaban J connectivity index is 4.40. The number of phosphoric acid groups is 1. The van der Waals surface area contributed by atoms with E-state index in [9.17, 15) is 19.4 Å². The number of phosphoric ester groups is 1. The van der Waals surface area contributed by atoms with E-state index in [2.05, 4.69) is 31.3 Å². The lowest BCUT2D eigenvalue weighted by molar-refractivity contribution is -0.870. The van der Waals surface area contributed by atoms with Crippen molar-refractivity contribution >= 4 is 13.7 Å². The Morgan fingerprint density at radius 2 is 1.04 bits per heavy atom. The van der Waals surface area contributed by atoms with Crippen LogP contribution in [0.25, 0.3) is 0 Å². The molecule has 0 radical (unpaired) electrons. The zero-order valence-electron chi connectivity index (χ0n) is 35.1. The van der Waals surface area contributed by atoms with Gasteiger partial charge in [-0.15, -0.1) is 0 Å². The van der Waals surface area contributed by atoms with Crippen molar-refractivity contribution in [2.75, 3.05) is 40.9 Å². The van der Waals surface area contributed by atoms with E-state index in [0.717, 1.165) is 44.9 Å². The number of nitrogens with one attached hydrogen (secondary N) is 1. The van der Waals surface area contributed by atoms with E-state index in [1.54, 1.807) is 0 Å². The molecule has 0 fully saturated rings. The molecular formula is C43H88N2O6P+. The molecule has 0 aliphatic rings. The first kappa shape index (κ1) is 51.2. The molecule has 0 heterocycles. The molecule has 0 aromatic carbocycles. The second-order valence-corrected chi connectivity index (χ2v) is 17.9. The number of likely N-dealkylation sites (N-methyl/N-ethyl adjacent to an activating group) is 1. The van der Waals surface area contributed by atoms with Gasteiger partial charge in [0.2, 0.25) is 5.91 Å². The predicted molar refractivity (Wildman–Crippen MR) is 222 cm³/mol. The van der Waals surface area contributed by atoms with Crippen LogP contribution < -0.4 is 5.32 Å². The summed E-state index contributed by atoms with van der Waals surface area (Å²) in [5.41, 5.74) is 0. The lowest BCUT2D eigenvalue weighted by Gasteiger charge is -2.26. The molecule has 1 unspecified atom stereocenters. The van der Waals surface area contributed by atoms with Gasteiger partial charge in [-0.2, -0.15) is 0 Å². The Kier molecular flexibility index (Phi) is 35.4. The molecule has 0 saturated carbocycles. The van der Waals surface area contributed by atoms with Gasteiger partial charge in [-0.3, -0.25) is 13.8 Å². The Labute approximate surface area is 322 Å². The maximum atomic E-state index is 12.9. The number of amides is 1. The summed E-state index contributed by atoms with van der Waals surface area (Å²) in [7, 11) is 1.61. The third kappa shape index (κ3) is 37.6. The van der Waals surface area contributed by atoms with Crippen LogP contribution in [-0.2, 0) is 18.4 Å². The number of aliphatic hydroxyl groups excluding tert-OH is 1. The van der Waals surface area contributed by atoms with E-state index in [-0.39, 0.29) is 19.1 Å². The molecule has 0 aliphatic heterocycles. The van der Waals surface area contributed by atoms with E-state index in [1.165, 1.54) is 135 Å². The van der Waals surface area contributed by atoms with Gasteiger partial charge in [0.05, 0.1) is 39.9 Å². The highest BCUT2D eigenvalue weighted by Gasteiger charge is 2.28. The van der Waals surface area contributed by atoms with Crippen LogP contribution in [0.2, 0.25) is 0 Å². The minimum absolute atomic E-state index is 0.0721. The summed E-state index contributed by atoms with van der Waals surface area (Å²) in [6.07, 6.45) is 39.5. The van der Waals surface area contributed by atoms with Crippen LogP contribution in [0, 0.1) is 0 Å². The Morgan fingerprint density at radius 1 is 0.635 bits per heavy atom. The van der Waals surface area contributed by atoms with Crippen molar-refractivity contribution in [1.82, 2.24) is 5.32 Å². The molecule has 0 aromatic rings. The van der Waals surface area contributed by atoms with Crippen molar-refractivity contribution < 1.29 is 32.9 Å². The van der Waals surface area contributed by atoms with Gasteiger partial charge in [0.15, 0.2) is 0 Å². The summed E-state index contributed by atoms with van der Waals surface area (Å²) in [5.74, 6) is -0.153. The van der Waals surface area contributed by atoms with Crippen molar-refractivity contribution in [2.45, 2.75) is 219 Å². The number of hydrogen-bond acceptors (Lipinski definition) is 5. The molecule has 310 valence electrons. The lowest BCUT2D eigenvalue weighted by Crippen LogP contribution is -2.46. The average molecular weight is 760 g/mol. The summed E-state index contributed by atoms with van der Waals surface area (Å²) in [6.45, 7) is 4.87. The number of hydrogen-bond donors (Lipinski definition) is 3. The van der Waals surface area contributed by atoms with Crippen LogP contribution >= 0.6 is 7.82 Å². The standard InChI is InChI=1S/C43H87N2O6P/c1-6-8-10-12-14-16-18-20-22-23-24-26-28-30-32-34-36-42(46)41(40-51-52(48,49)50-39-38-45(3,4)5)44-43(47)37-35-33-31-29-27-25-21-19-17-15-13-11-9-7-2/h26,28,41-42,46H,6-25,27,29-40H2,1-5H3,(H-,44,47,48,49)/p+1/b28-26+/t41-,42+/m0/s1. The van der Waals surface area contributed by atoms with Gasteiger partial charge in [0, 0.05) is 6.42 Å². The minimum Gasteiger partial charge on any atom is -0.391 e. The predicted octanol–water partition coefficient (Wildman–Crippen LogP) is 12.0. The Bertz CT molecular complexity index is 865. The number of unbranched alkanes of at least 4 members (excludes halogenated alkanes) is 25. The van der Waals surface area contributed by atoms with Gasteiger partial charge >= 0.3 is 7.82 Å². The second kappa shape index (κ2) is 35.9. The molecule has 0 bridgehead atoms. The number of carbonyl (C=O) groups excluding carboxylic acids is 1. The van der Waals surface area contributed by atoms with Crippen LogP contribution in [0.15, 0.2) is 12.2 Å². The number of carbonyl (C=O) groups is 1. The molecular weight excluding hydrogens is 671 g/mol. The van der Waals surface area contributed by atoms with E-state index in [0.29, 0.717) is 23.9 Å². The normalized spacial score (nSPS) is 14.5. The number of aliphatic hydroxyl groups is 1. The fourth-order valence-corrected chi connectivity index (χ4v) is 7.19. The fourth-order valence-electron chi connectivity index (χ4n) is 6.45. The summed E-state index contributed by atoms with van der Waals surface area (Å²) in [6, 6.07) is -0.770. The third-order valence-corrected chi connectivity index (χ3v) is 11.0. The van der Waals surface area contributed by atoms with Gasteiger partial charge in [-0.05, 0) is 38.5 Å². The summed E-state index contributed by atoms with van der Waals surface area (Å²) >= 11 is 0. The van der Waals surface area contributed by atoms with Crippen molar-refractivity contribution in [3.8, 4) is 0 Å². The first-order chi connectivity index (χ1) is 25.0. The molecule has 0 aromatic heterocycles. The molecule has 0 rings (SSSR count). The highest BCUT2D eigenvalue weighted by molar-refractivity contribution is 7.47. The van der Waals surface area contributed by atoms with Crippen LogP contribution in [0.4, 0.5) is 0 Å². The smallest absolute Gasteiger partial charge is 0.391 e. The summed E-state index contributed by atoms with van der Waals surface area (Å²) < 4.78 is 23.6. The average Bonchev–Trinajstić information content (AvgIpc) is 3.09. The monoisotopic (exact) mass is 760 g/mol. The van der Waals surface area contributed by atoms with Crippen molar-refractivity contribution in [2.24, 2.45) is 0 Å². The van der Waals surface area contributed by atoms with Crippen molar-refractivity contribution in [1.29, 1.82) is 0 Å². The largest absolute Gasteiger partial charge is 0.472 e. The van der Waals surface area contributed by atoms with Gasteiger partial charge < -0.3 is 19.8 Å². The van der Waals surface area contributed by atoms with Gasteiger partial charge in [0.1, 0.15) is 13.2 Å². The summed E-state index contributed by atoms with van der Waals surface area (Å²) in [5, 5.41) is 13.9. The van der Waals surface area contributed by atoms with Crippen LogP contribution in [-0.4, -0.2) is 73.4 Å². The van der Waals surface area contributed by atoms with Crippen molar-refractivity contribution in [3.05, 3.63) is 12.2 Å². The van der Waals surface area contributed by atoms with Gasteiger partial charge in [-0.1, -0.05) is 174 Å². The van der Waals surface area contributed by atoms with Crippen molar-refractivity contribution in [3.63, 3.8) is 0 Å². The van der Waals surface area contributed by atoms with Crippen LogP contribution in [0.3, 0.4) is 0 Å². The molecule has 8 nitrogen and oxygen atoms in total. The number of nitrogens with zero attached hydrogens (tertiary/aromatic N) is 1. The SMILES string of the molecule is CCCCCCCCCCCC/C=C/CCCC[C@@H](O)[C@H](COP(=O)(O)OCC[N+](C)(C)C)NC(=O)CCCCCCCCCCCCCCCC. The topological polar surface area (TPSA) is 105 Å². The molecule has 3 N–H and O–H groups in total. The third-order valence-electron chi connectivity index (χ3n) is 10.0. The highest BCUT2D eigenvalue weighted by atomic mass is 31.2. The van der Waals surface area contributed by atoms with Gasteiger partial charge in [0.25, 0.3) is 0 Å². The number of quaternary nitrogens is 1. The van der Waals surface area contributed by atoms with Crippen LogP contribution in [0.5, 0.6) is 0 Å². The zero-order chi connectivity index (χ0) is 38.6. The lowest BCUT2D eigenvalue weighted by atomic mass is 10.0. The fraction of sp³-hybridized carbons (Fsp3) is 0.930. The number of rotatable bonds is 40. The van der Waals surface area contributed by atoms with E-state index in [1.807, 2.05) is 21.1 Å². The minimum atomic E-state index is -4.31. The highest BCUT2D eigenvalue weighted by Crippen LogP contribution is 2.43. The molecule has 9 heteroatoms. The summed E-state index contributed by atoms with van der Waals surface area (Å²) in [4.78, 5) is 23.1. The molecule has 52 heavy (non-hydrogen) atoms. The Hall–Kier alpha value is -0.760. The quantitative estimate of drug-likeness (QED) is 0.0249. The number of allylic oxidation sites excluding steroid dienone is 2. The van der Waals surface area contributed by atoms with E-state index in [4.69, 9.17) is 9.05 Å². The molecule has 0 aliphatic carbocycles. The maximum absolute atomic E-state index is 12.9. The first-order valence-corrected chi connectivity index (χ1v) is 23.5. The van der Waals surface area contributed by atoms with Crippen LogP contribution in [0.1, 0.15) is 206 Å². The molecule has 0 saturated heterocycles. The first-order valence-electron chi connectivity index (χ1n) is 22.1. The van der Waals surface area contributed by atoms with E-state index >= 15 is 0 Å². The van der Waals surface area contributed by atoms with Gasteiger partial charge in [-0.25, -0.2) is 4.57 Å². The van der Waals surface area contributed by atoms with E-state index < -0.39 is 20.0 Å². The zero-order valence-corrected chi connectivity index (χ0v) is 36.0. The second-order valence-electron chi connectivity index (χ2n) is 16.4. The molecule has 1 amide bonds.